The van der Waals surface area contributed by atoms with E-state index in [0.717, 1.165) is 0 Å². The molecular weight excluding hydrogens is 148 g/mol. The standard InChI is InChI=1S/C6H6N2OS/c7-5-2-1-4(3-8-5)6(9)10/h1-3H,(H2,7,8)(H,9,10). The van der Waals surface area contributed by atoms with Gasteiger partial charge in [-0.05, 0) is 12.1 Å². The fraction of sp³-hybridized carbons (Fsp3) is 0. The van der Waals surface area contributed by atoms with Crippen molar-refractivity contribution in [2.75, 3.05) is 5.73 Å². The highest BCUT2D eigenvalue weighted by atomic mass is 32.1. The van der Waals surface area contributed by atoms with Crippen molar-refractivity contribution in [1.29, 1.82) is 0 Å². The van der Waals surface area contributed by atoms with Crippen LogP contribution in [0.1, 0.15) is 10.4 Å². The molecule has 0 aliphatic carbocycles. The summed E-state index contributed by atoms with van der Waals surface area (Å²) < 4.78 is 0. The molecule has 1 heterocycles. The molecule has 0 aliphatic rings. The molecule has 0 aliphatic heterocycles. The second-order valence-electron chi connectivity index (χ2n) is 1.78. The molecule has 2 N–H and O–H groups in total. The van der Waals surface area contributed by atoms with E-state index in [0.29, 0.717) is 11.4 Å². The Morgan fingerprint density at radius 3 is 2.70 bits per heavy atom. The van der Waals surface area contributed by atoms with Gasteiger partial charge in [0.25, 0.3) is 0 Å². The number of thiol groups is 1. The first-order chi connectivity index (χ1) is 4.70. The lowest BCUT2D eigenvalue weighted by Gasteiger charge is -1.92. The van der Waals surface area contributed by atoms with E-state index in [2.05, 4.69) is 17.6 Å². The highest BCUT2D eigenvalue weighted by Gasteiger charge is 1.97. The minimum absolute atomic E-state index is 0.299. The molecule has 0 saturated carbocycles. The van der Waals surface area contributed by atoms with Crippen molar-refractivity contribution in [3.8, 4) is 0 Å². The van der Waals surface area contributed by atoms with E-state index >= 15 is 0 Å². The maximum atomic E-state index is 10.5. The molecule has 0 unspecified atom stereocenters. The molecule has 0 spiro atoms. The summed E-state index contributed by atoms with van der Waals surface area (Å²) >= 11 is 3.60. The Balaban J connectivity index is 3.00. The largest absolute Gasteiger partial charge is 0.384 e. The van der Waals surface area contributed by atoms with Crippen LogP contribution in [-0.4, -0.2) is 10.1 Å². The molecule has 0 aromatic carbocycles. The van der Waals surface area contributed by atoms with Crippen molar-refractivity contribution in [3.05, 3.63) is 23.9 Å². The average Bonchev–Trinajstić information content (AvgIpc) is 1.88. The minimum Gasteiger partial charge on any atom is -0.384 e. The Hall–Kier alpha value is -1.03. The van der Waals surface area contributed by atoms with Gasteiger partial charge in [-0.25, -0.2) is 4.98 Å². The number of pyridine rings is 1. The molecule has 1 rings (SSSR count). The molecule has 4 heteroatoms. The van der Waals surface area contributed by atoms with Crippen molar-refractivity contribution < 1.29 is 4.79 Å². The molecular formula is C6H6N2OS. The van der Waals surface area contributed by atoms with Crippen LogP contribution in [0.4, 0.5) is 5.82 Å². The second-order valence-corrected chi connectivity index (χ2v) is 2.18. The Bertz CT molecular complexity index is 244. The number of nitrogens with zero attached hydrogens (tertiary/aromatic N) is 1. The Morgan fingerprint density at radius 1 is 1.60 bits per heavy atom. The molecule has 0 atom stereocenters. The normalized spacial score (nSPS) is 9.30. The van der Waals surface area contributed by atoms with Gasteiger partial charge in [0.05, 0.1) is 0 Å². The Kier molecular flexibility index (Phi) is 1.91. The van der Waals surface area contributed by atoms with Gasteiger partial charge in [-0.15, -0.1) is 12.6 Å². The zero-order chi connectivity index (χ0) is 7.56. The maximum absolute atomic E-state index is 10.5. The lowest BCUT2D eigenvalue weighted by Crippen LogP contribution is -1.93. The molecule has 1 aromatic rings. The summed E-state index contributed by atoms with van der Waals surface area (Å²) in [6, 6.07) is 3.14. The lowest BCUT2D eigenvalue weighted by molar-refractivity contribution is 0.109. The van der Waals surface area contributed by atoms with Crippen LogP contribution < -0.4 is 5.73 Å². The van der Waals surface area contributed by atoms with E-state index in [1.165, 1.54) is 6.20 Å². The first kappa shape index (κ1) is 7.08. The monoisotopic (exact) mass is 154 g/mol. The molecule has 0 bridgehead atoms. The third-order valence-electron chi connectivity index (χ3n) is 1.03. The number of rotatable bonds is 1. The van der Waals surface area contributed by atoms with Crippen LogP contribution in [0, 0.1) is 0 Å². The molecule has 0 amide bonds. The molecule has 52 valence electrons. The van der Waals surface area contributed by atoms with E-state index in [4.69, 9.17) is 5.73 Å². The molecule has 0 radical (unpaired) electrons. The van der Waals surface area contributed by atoms with Crippen molar-refractivity contribution in [3.63, 3.8) is 0 Å². The van der Waals surface area contributed by atoms with Gasteiger partial charge in [0.1, 0.15) is 5.82 Å². The second kappa shape index (κ2) is 2.70. The number of aromatic nitrogens is 1. The number of nitrogen functional groups attached to an aromatic ring is 1. The van der Waals surface area contributed by atoms with Gasteiger partial charge in [-0.1, -0.05) is 0 Å². The Labute approximate surface area is 63.7 Å². The maximum Gasteiger partial charge on any atom is 0.217 e. The third-order valence-corrected chi connectivity index (χ3v) is 1.29. The summed E-state index contributed by atoms with van der Waals surface area (Å²) in [6.07, 6.45) is 1.39. The van der Waals surface area contributed by atoms with Crippen LogP contribution in [0.25, 0.3) is 0 Å². The van der Waals surface area contributed by atoms with Crippen LogP contribution in [0.2, 0.25) is 0 Å². The van der Waals surface area contributed by atoms with Crippen molar-refractivity contribution in [1.82, 2.24) is 4.98 Å². The number of anilines is 1. The quantitative estimate of drug-likeness (QED) is 0.586. The fourth-order valence-electron chi connectivity index (χ4n) is 0.532. The first-order valence-corrected chi connectivity index (χ1v) is 3.09. The highest BCUT2D eigenvalue weighted by Crippen LogP contribution is 2.03. The van der Waals surface area contributed by atoms with E-state index in [-0.39, 0.29) is 5.12 Å². The van der Waals surface area contributed by atoms with Gasteiger partial charge in [-0.2, -0.15) is 0 Å². The molecule has 0 saturated heterocycles. The van der Waals surface area contributed by atoms with Crippen LogP contribution in [0.5, 0.6) is 0 Å². The molecule has 3 nitrogen and oxygen atoms in total. The topological polar surface area (TPSA) is 56.0 Å². The van der Waals surface area contributed by atoms with E-state index in [1.54, 1.807) is 12.1 Å². The van der Waals surface area contributed by atoms with Gasteiger partial charge < -0.3 is 5.73 Å². The number of hydrogen-bond donors (Lipinski definition) is 2. The summed E-state index contributed by atoms with van der Waals surface area (Å²) in [7, 11) is 0. The minimum atomic E-state index is -0.299. The number of nitrogens with two attached hydrogens (primary N) is 1. The molecule has 10 heavy (non-hydrogen) atoms. The third kappa shape index (κ3) is 1.48. The first-order valence-electron chi connectivity index (χ1n) is 2.65. The highest BCUT2D eigenvalue weighted by molar-refractivity contribution is 7.97. The summed E-state index contributed by atoms with van der Waals surface area (Å²) in [5.41, 5.74) is 5.74. The lowest BCUT2D eigenvalue weighted by atomic mass is 10.3. The van der Waals surface area contributed by atoms with Crippen LogP contribution in [-0.2, 0) is 0 Å². The summed E-state index contributed by atoms with van der Waals surface area (Å²) in [5.74, 6) is 0.401. The van der Waals surface area contributed by atoms with Crippen molar-refractivity contribution in [2.24, 2.45) is 0 Å². The molecule has 1 aromatic heterocycles. The van der Waals surface area contributed by atoms with Gasteiger partial charge in [-0.3, -0.25) is 4.79 Å². The van der Waals surface area contributed by atoms with E-state index in [1.807, 2.05) is 0 Å². The number of carbonyl (C=O) groups excluding carboxylic acids is 1. The zero-order valence-electron chi connectivity index (χ0n) is 5.11. The van der Waals surface area contributed by atoms with Gasteiger partial charge in [0, 0.05) is 11.8 Å². The summed E-state index contributed by atoms with van der Waals surface area (Å²) in [4.78, 5) is 14.2. The number of carbonyl (C=O) groups is 1. The van der Waals surface area contributed by atoms with Gasteiger partial charge in [0.2, 0.25) is 5.12 Å². The van der Waals surface area contributed by atoms with Crippen LogP contribution in [0.3, 0.4) is 0 Å². The smallest absolute Gasteiger partial charge is 0.217 e. The summed E-state index contributed by atoms with van der Waals surface area (Å²) in [5, 5.41) is -0.299. The predicted molar refractivity (Wildman–Crippen MR) is 42.0 cm³/mol. The fourth-order valence-corrected chi connectivity index (χ4v) is 0.664. The van der Waals surface area contributed by atoms with Crippen molar-refractivity contribution in [2.45, 2.75) is 0 Å². The van der Waals surface area contributed by atoms with Crippen molar-refractivity contribution >= 4 is 23.6 Å². The van der Waals surface area contributed by atoms with Gasteiger partial charge in [0.15, 0.2) is 0 Å². The Morgan fingerprint density at radius 2 is 2.30 bits per heavy atom. The zero-order valence-corrected chi connectivity index (χ0v) is 6.01. The van der Waals surface area contributed by atoms with Gasteiger partial charge >= 0.3 is 0 Å². The SMILES string of the molecule is Nc1ccc(C(=O)S)cn1. The average molecular weight is 154 g/mol. The van der Waals surface area contributed by atoms with Crippen LogP contribution in [0.15, 0.2) is 18.3 Å². The number of hydrogen-bond acceptors (Lipinski definition) is 3. The van der Waals surface area contributed by atoms with E-state index < -0.39 is 0 Å². The van der Waals surface area contributed by atoms with E-state index in [9.17, 15) is 4.79 Å². The summed E-state index contributed by atoms with van der Waals surface area (Å²) in [6.45, 7) is 0. The van der Waals surface area contributed by atoms with Crippen LogP contribution >= 0.6 is 12.6 Å². The predicted octanol–water partition coefficient (Wildman–Crippen LogP) is 0.734. The molecule has 0 fully saturated rings.